The van der Waals surface area contributed by atoms with Crippen molar-refractivity contribution in [1.29, 1.82) is 0 Å². The molecule has 0 saturated heterocycles. The number of nitrogens with two attached hydrogens (primary N) is 1. The molecule has 1 aliphatic heterocycles. The first-order valence-electron chi connectivity index (χ1n) is 20.3. The molecule has 0 fully saturated rings. The van der Waals surface area contributed by atoms with E-state index in [2.05, 4.69) is 21.3 Å². The fourth-order valence-corrected chi connectivity index (χ4v) is 7.49. The highest BCUT2D eigenvalue weighted by Crippen LogP contribution is 2.37. The van der Waals surface area contributed by atoms with Gasteiger partial charge in [0.15, 0.2) is 5.78 Å². The molecule has 0 saturated carbocycles. The van der Waals surface area contributed by atoms with E-state index in [0.29, 0.717) is 54.4 Å². The van der Waals surface area contributed by atoms with E-state index in [4.69, 9.17) is 29.8 Å². The largest absolute Gasteiger partial charge is 0.478 e. The van der Waals surface area contributed by atoms with E-state index in [0.717, 1.165) is 11.3 Å². The molecule has 2 aromatic rings. The van der Waals surface area contributed by atoms with Crippen LogP contribution >= 0.6 is 11.3 Å². The number of ketones is 2. The molecule has 63 heavy (non-hydrogen) atoms. The predicted octanol–water partition coefficient (Wildman–Crippen LogP) is 2.69. The standard InChI is InChI=1S/C41H56N6O15S/c1-24(2)34(45-32(50)12-16-60-18-20-61-19-17-59-15-11-25(3)48)30(49)21-27(5-4-13-43-40(42)57)35(51)44-28-8-6-26(7-9-28)23-62-41(58)47-14-10-29-31(22-47)63-37(33(29)38(53)54)46-36(52)39(55)56/h6-9,24,27,34H,4-5,10-23H2,1-3H3,(H,44,51)(H,45,50)(H,46,52)(H,53,54)(H,55,56)(H3,42,43,57)/t27-,34+/m1/s1. The van der Waals surface area contributed by atoms with Crippen LogP contribution < -0.4 is 27.0 Å². The van der Waals surface area contributed by atoms with Crippen LogP contribution in [0.5, 0.6) is 0 Å². The summed E-state index contributed by atoms with van der Waals surface area (Å²) in [4.78, 5) is 111. The van der Waals surface area contributed by atoms with Gasteiger partial charge in [0, 0.05) is 48.8 Å². The molecule has 1 aromatic carbocycles. The molecule has 2 heterocycles. The third kappa shape index (κ3) is 18.1. The number of ether oxygens (including phenoxy) is 4. The number of aliphatic carboxylic acids is 1. The second kappa shape index (κ2) is 26.5. The average molecular weight is 905 g/mol. The zero-order valence-corrected chi connectivity index (χ0v) is 36.3. The monoisotopic (exact) mass is 904 g/mol. The van der Waals surface area contributed by atoms with Gasteiger partial charge in [0.1, 0.15) is 17.4 Å². The van der Waals surface area contributed by atoms with Crippen molar-refractivity contribution in [2.45, 2.75) is 78.5 Å². The molecule has 6 amide bonds. The topological polar surface area (TPSA) is 308 Å². The normalized spacial score (nSPS) is 13.0. The molecule has 1 aromatic heterocycles. The lowest BCUT2D eigenvalue weighted by Gasteiger charge is -2.26. The molecular formula is C41H56N6O15S. The maximum absolute atomic E-state index is 13.6. The van der Waals surface area contributed by atoms with Crippen LogP contribution in [0.2, 0.25) is 0 Å². The van der Waals surface area contributed by atoms with Crippen LogP contribution in [-0.4, -0.2) is 127 Å². The minimum Gasteiger partial charge on any atom is -0.478 e. The Morgan fingerprint density at radius 3 is 2.10 bits per heavy atom. The van der Waals surface area contributed by atoms with E-state index < -0.39 is 53.7 Å². The number of carboxylic acids is 2. The van der Waals surface area contributed by atoms with Crippen molar-refractivity contribution in [1.82, 2.24) is 15.5 Å². The highest BCUT2D eigenvalue weighted by Gasteiger charge is 2.32. The van der Waals surface area contributed by atoms with Crippen LogP contribution in [0.25, 0.3) is 0 Å². The maximum Gasteiger partial charge on any atom is 0.410 e. The first-order valence-corrected chi connectivity index (χ1v) is 21.1. The van der Waals surface area contributed by atoms with Crippen LogP contribution in [0.4, 0.5) is 20.3 Å². The minimum atomic E-state index is -1.78. The number of anilines is 2. The molecule has 0 unspecified atom stereocenters. The fourth-order valence-electron chi connectivity index (χ4n) is 6.24. The van der Waals surface area contributed by atoms with Gasteiger partial charge in [0.05, 0.1) is 57.8 Å². The summed E-state index contributed by atoms with van der Waals surface area (Å²) >= 11 is 0.869. The highest BCUT2D eigenvalue weighted by atomic mass is 32.1. The number of nitrogens with one attached hydrogen (secondary N) is 4. The number of hydrogen-bond acceptors (Lipinski definition) is 14. The number of aromatic carboxylic acids is 1. The minimum absolute atomic E-state index is 0.00746. The van der Waals surface area contributed by atoms with Crippen LogP contribution in [0.3, 0.4) is 0 Å². The number of benzene rings is 1. The van der Waals surface area contributed by atoms with Crippen molar-refractivity contribution in [3.63, 3.8) is 0 Å². The summed E-state index contributed by atoms with van der Waals surface area (Å²) in [6.07, 6.45) is 0.129. The van der Waals surface area contributed by atoms with Crippen LogP contribution in [0, 0.1) is 11.8 Å². The second-order valence-electron chi connectivity index (χ2n) is 14.8. The SMILES string of the molecule is CC(=O)CCOCCOCCOCCC(=O)N[C@H](C(=O)C[C@@H](CCCNC(N)=O)C(=O)Nc1ccc(COC(=O)N2CCc3c(sc(NC(=O)C(=O)O)c3C(=O)O)C2)cc1)C(C)C. The quantitative estimate of drug-likeness (QED) is 0.0501. The summed E-state index contributed by atoms with van der Waals surface area (Å²) in [5, 5.41) is 28.6. The maximum atomic E-state index is 13.6. The number of rotatable bonds is 27. The van der Waals surface area contributed by atoms with Crippen molar-refractivity contribution in [3.8, 4) is 0 Å². The molecule has 0 aliphatic carbocycles. The van der Waals surface area contributed by atoms with Crippen molar-refractivity contribution in [2.75, 3.05) is 63.4 Å². The third-order valence-electron chi connectivity index (χ3n) is 9.53. The Morgan fingerprint density at radius 1 is 0.873 bits per heavy atom. The summed E-state index contributed by atoms with van der Waals surface area (Å²) < 4.78 is 21.6. The summed E-state index contributed by atoms with van der Waals surface area (Å²) in [6.45, 7) is 6.80. The van der Waals surface area contributed by atoms with E-state index in [1.165, 1.54) is 11.8 Å². The molecule has 0 radical (unpaired) electrons. The Kier molecular flexibility index (Phi) is 21.6. The number of nitrogens with zero attached hydrogens (tertiary/aromatic N) is 1. The number of amides is 6. The zero-order chi connectivity index (χ0) is 46.5. The van der Waals surface area contributed by atoms with Gasteiger partial charge in [0.25, 0.3) is 0 Å². The first-order chi connectivity index (χ1) is 30.0. The summed E-state index contributed by atoms with van der Waals surface area (Å²) in [5.74, 6) is -6.81. The number of carbonyl (C=O) groups excluding carboxylic acids is 7. The van der Waals surface area contributed by atoms with Gasteiger partial charge in [0.2, 0.25) is 11.8 Å². The number of thiophene rings is 1. The predicted molar refractivity (Wildman–Crippen MR) is 226 cm³/mol. The molecule has 8 N–H and O–H groups in total. The molecule has 22 heteroatoms. The van der Waals surface area contributed by atoms with Crippen molar-refractivity contribution < 1.29 is 72.3 Å². The van der Waals surface area contributed by atoms with Crippen molar-refractivity contribution in [3.05, 3.63) is 45.8 Å². The average Bonchev–Trinajstić information content (AvgIpc) is 3.59. The molecule has 1 aliphatic rings. The molecule has 0 bridgehead atoms. The van der Waals surface area contributed by atoms with Gasteiger partial charge in [-0.05, 0) is 55.4 Å². The van der Waals surface area contributed by atoms with Crippen LogP contribution in [0.15, 0.2) is 24.3 Å². The highest BCUT2D eigenvalue weighted by molar-refractivity contribution is 7.17. The number of carboxylic acid groups (broad SMARTS) is 2. The van der Waals surface area contributed by atoms with Gasteiger partial charge in [-0.25, -0.2) is 19.2 Å². The number of hydrogen-bond donors (Lipinski definition) is 7. The van der Waals surface area contributed by atoms with Gasteiger partial charge in [-0.2, -0.15) is 0 Å². The molecule has 0 spiro atoms. The fraction of sp³-hybridized carbons (Fsp3) is 0.537. The summed E-state index contributed by atoms with van der Waals surface area (Å²) in [6, 6.07) is 4.82. The van der Waals surface area contributed by atoms with E-state index in [1.807, 2.05) is 0 Å². The lowest BCUT2D eigenvalue weighted by molar-refractivity contribution is -0.147. The summed E-state index contributed by atoms with van der Waals surface area (Å²) in [7, 11) is 0. The lowest BCUT2D eigenvalue weighted by atomic mass is 9.89. The Labute approximate surface area is 367 Å². The Hall–Kier alpha value is -5.97. The number of fused-ring (bicyclic) bond motifs is 1. The van der Waals surface area contributed by atoms with Gasteiger partial charge in [-0.3, -0.25) is 24.0 Å². The van der Waals surface area contributed by atoms with Gasteiger partial charge in [-0.1, -0.05) is 26.0 Å². The molecule has 346 valence electrons. The van der Waals surface area contributed by atoms with Crippen LogP contribution in [0.1, 0.15) is 79.2 Å². The number of carbonyl (C=O) groups is 9. The Morgan fingerprint density at radius 2 is 1.51 bits per heavy atom. The summed E-state index contributed by atoms with van der Waals surface area (Å²) in [5.41, 5.74) is 6.32. The van der Waals surface area contributed by atoms with E-state index in [9.17, 15) is 48.3 Å². The van der Waals surface area contributed by atoms with Crippen LogP contribution in [-0.2, 0) is 67.3 Å². The third-order valence-corrected chi connectivity index (χ3v) is 10.7. The lowest BCUT2D eigenvalue weighted by Crippen LogP contribution is -2.45. The van der Waals surface area contributed by atoms with Crippen molar-refractivity contribution in [2.24, 2.45) is 17.6 Å². The van der Waals surface area contributed by atoms with E-state index >= 15 is 0 Å². The first kappa shape index (κ1) is 51.4. The van der Waals surface area contributed by atoms with Gasteiger partial charge < -0.3 is 61.1 Å². The van der Waals surface area contributed by atoms with Gasteiger partial charge in [-0.15, -0.1) is 11.3 Å². The second-order valence-corrected chi connectivity index (χ2v) is 15.9. The number of Topliss-reactive ketones (excluding diaryl/α,β-unsaturated/α-hetero) is 2. The number of primary amides is 1. The van der Waals surface area contributed by atoms with E-state index in [1.54, 1.807) is 38.1 Å². The van der Waals surface area contributed by atoms with E-state index in [-0.39, 0.29) is 99.8 Å². The van der Waals surface area contributed by atoms with Crippen molar-refractivity contribution >= 4 is 75.4 Å². The molecular weight excluding hydrogens is 849 g/mol. The Bertz CT molecular complexity index is 1940. The smallest absolute Gasteiger partial charge is 0.410 e. The number of urea groups is 1. The molecule has 3 rings (SSSR count). The van der Waals surface area contributed by atoms with Gasteiger partial charge >= 0.3 is 30.0 Å². The zero-order valence-electron chi connectivity index (χ0n) is 35.5. The molecule has 21 nitrogen and oxygen atoms in total. The Balaban J connectivity index is 1.51. The molecule has 2 atom stereocenters.